The summed E-state index contributed by atoms with van der Waals surface area (Å²) in [4.78, 5) is 1.42. The fourth-order valence-electron chi connectivity index (χ4n) is 3.37. The Kier molecular flexibility index (Phi) is 11.8. The van der Waals surface area contributed by atoms with Crippen LogP contribution < -0.4 is 40.6 Å². The lowest BCUT2D eigenvalue weighted by molar-refractivity contribution is -2.00. The van der Waals surface area contributed by atoms with Gasteiger partial charge in [0.15, 0.2) is 5.69 Å². The Hall–Kier alpha value is -2.02. The largest absolute Gasteiger partial charge is 0.744 e. The Morgan fingerprint density at radius 2 is 1.44 bits per heavy atom. The van der Waals surface area contributed by atoms with Gasteiger partial charge in [0.25, 0.3) is 5.17 Å². The Bertz CT molecular complexity index is 1640. The van der Waals surface area contributed by atoms with Gasteiger partial charge >= 0.3 is 0 Å². The summed E-state index contributed by atoms with van der Waals surface area (Å²) in [6, 6.07) is 8.40. The van der Waals surface area contributed by atoms with Crippen LogP contribution in [0.2, 0.25) is 0 Å². The summed E-state index contributed by atoms with van der Waals surface area (Å²) >= 11 is 2.44. The van der Waals surface area contributed by atoms with Crippen LogP contribution in [0.15, 0.2) is 61.3 Å². The van der Waals surface area contributed by atoms with Crippen LogP contribution in [0, 0.1) is 10.2 Å². The molecule has 218 valence electrons. The highest BCUT2D eigenvalue weighted by molar-refractivity contribution is 8.13. The number of rotatable bonds is 5. The second-order valence-electron chi connectivity index (χ2n) is 7.14. The number of aryl methyl sites for hydroxylation is 1. The molecule has 39 heavy (non-hydrogen) atoms. The topological polar surface area (TPSA) is 314 Å². The molecular formula is C18H25ClN6O10S4. The zero-order valence-corrected chi connectivity index (χ0v) is 24.8. The fraction of sp³-hybridized carbons (Fsp3) is 0.222. The number of fused-ring (bicyclic) bond motifs is 2. The van der Waals surface area contributed by atoms with E-state index in [9.17, 15) is 25.9 Å². The van der Waals surface area contributed by atoms with Crippen molar-refractivity contribution in [2.45, 2.75) is 35.1 Å². The summed E-state index contributed by atoms with van der Waals surface area (Å²) in [7, 11) is -14.1. The molecule has 1 aromatic heterocycles. The molecule has 0 bridgehead atoms. The third kappa shape index (κ3) is 8.73. The van der Waals surface area contributed by atoms with Gasteiger partial charge in [0.2, 0.25) is 4.80 Å². The third-order valence-corrected chi connectivity index (χ3v) is 8.64. The lowest BCUT2D eigenvalue weighted by Crippen LogP contribution is -3.07. The maximum atomic E-state index is 11.3. The van der Waals surface area contributed by atoms with E-state index < -0.39 is 30.5 Å². The molecule has 1 unspecified atom stereocenters. The highest BCUT2D eigenvalue weighted by atomic mass is 35.7. The molecule has 2 aromatic carbocycles. The van der Waals surface area contributed by atoms with Crippen LogP contribution in [0.3, 0.4) is 0 Å². The maximum Gasteiger partial charge on any atom is 0.291 e. The Morgan fingerprint density at radius 1 is 0.897 bits per heavy atom. The number of thioether (sulfide) groups is 1. The lowest BCUT2D eigenvalue weighted by atomic mass is 10.3. The van der Waals surface area contributed by atoms with Crippen molar-refractivity contribution in [3.63, 3.8) is 0 Å². The minimum absolute atomic E-state index is 0. The van der Waals surface area contributed by atoms with Crippen LogP contribution in [0.5, 0.6) is 0 Å². The number of hydrogen-bond donors (Lipinski definition) is 3. The van der Waals surface area contributed by atoms with Crippen molar-refractivity contribution in [3.05, 3.63) is 41.2 Å². The molecule has 1 atom stereocenters. The van der Waals surface area contributed by atoms with Gasteiger partial charge in [-0.15, -0.1) is 15.3 Å². The van der Waals surface area contributed by atoms with Gasteiger partial charge in [-0.2, -0.15) is 0 Å². The summed E-state index contributed by atoms with van der Waals surface area (Å²) in [6.07, 6.45) is 0. The second-order valence-corrected chi connectivity index (χ2v) is 12.7. The number of hydrogen-bond acceptors (Lipinski definition) is 14. The minimum atomic E-state index is -4.94. The number of halogens is 1. The monoisotopic (exact) mass is 648 g/mol. The number of benzene rings is 2. The Morgan fingerprint density at radius 3 is 1.95 bits per heavy atom. The van der Waals surface area contributed by atoms with Crippen LogP contribution >= 0.6 is 23.1 Å². The molecule has 2 heterocycles. The maximum absolute atomic E-state index is 11.3. The molecule has 21 heteroatoms. The molecule has 16 nitrogen and oxygen atoms in total. The van der Waals surface area contributed by atoms with Crippen molar-refractivity contribution in [3.8, 4) is 0 Å². The quantitative estimate of drug-likeness (QED) is 0.185. The summed E-state index contributed by atoms with van der Waals surface area (Å²) in [5.41, 5.74) is 1.54. The van der Waals surface area contributed by atoms with Crippen molar-refractivity contribution in [1.29, 1.82) is 0 Å². The van der Waals surface area contributed by atoms with Crippen LogP contribution in [0.4, 0.5) is 5.69 Å². The molecule has 0 amide bonds. The van der Waals surface area contributed by atoms with E-state index in [1.807, 2.05) is 18.4 Å². The van der Waals surface area contributed by atoms with Crippen molar-refractivity contribution in [2.24, 2.45) is 10.2 Å². The van der Waals surface area contributed by atoms with Gasteiger partial charge in [-0.1, -0.05) is 16.4 Å². The highest BCUT2D eigenvalue weighted by Crippen LogP contribution is 2.32. The first-order valence-corrected chi connectivity index (χ1v) is 15.7. The summed E-state index contributed by atoms with van der Waals surface area (Å²) < 4.78 is 104. The standard InChI is InChI=1S/C18H18N4O6S4.ClHO4.2H3N/c1-3-21-13-7-5-11(31(23,24)25)9-15(13)29-17(21)19-20-18-22(4-2)14-8-6-12(32(26,27)28)10-16(14)30-18;2-1(3,4)5;;/h5-10H,3-4H2,1-2H3,(H,23,24,25)(H,26,27,28);(H,2,3,4,5);2*1H3/b19-17-,20-18+;;;. The molecule has 0 saturated carbocycles. The van der Waals surface area contributed by atoms with Gasteiger partial charge in [0, 0.05) is 12.6 Å². The predicted octanol–water partition coefficient (Wildman–Crippen LogP) is -2.96. The molecule has 0 radical (unpaired) electrons. The molecule has 3 aromatic rings. The number of nitrogens with zero attached hydrogens (tertiary/aromatic N) is 3. The van der Waals surface area contributed by atoms with Gasteiger partial charge in [0.05, 0.1) is 31.4 Å². The molecule has 1 aliphatic heterocycles. The van der Waals surface area contributed by atoms with E-state index in [-0.39, 0.29) is 22.1 Å². The molecule has 1 aliphatic rings. The lowest BCUT2D eigenvalue weighted by Gasteiger charge is -2.17. The number of amidine groups is 1. The molecule has 4 rings (SSSR count). The number of nitrogens with one attached hydrogen (secondary N) is 1. The van der Waals surface area contributed by atoms with Gasteiger partial charge in [-0.05, 0) is 55.9 Å². The second kappa shape index (κ2) is 13.1. The molecule has 0 saturated heterocycles. The summed E-state index contributed by atoms with van der Waals surface area (Å²) in [6.45, 7) is 5.03. The molecular weight excluding hydrogens is 624 g/mol. The molecule has 9 N–H and O–H groups in total. The van der Waals surface area contributed by atoms with Gasteiger partial charge in [-0.3, -0.25) is 0 Å². The van der Waals surface area contributed by atoms with E-state index in [1.165, 1.54) is 47.4 Å². The van der Waals surface area contributed by atoms with Crippen LogP contribution in [0.25, 0.3) is 10.2 Å². The third-order valence-electron chi connectivity index (χ3n) is 4.87. The van der Waals surface area contributed by atoms with Gasteiger partial charge < -0.3 is 26.0 Å². The van der Waals surface area contributed by atoms with E-state index in [1.54, 1.807) is 12.1 Å². The average molecular weight is 649 g/mol. The van der Waals surface area contributed by atoms with Crippen molar-refractivity contribution >= 4 is 64.4 Å². The van der Waals surface area contributed by atoms with Gasteiger partial charge in [0.1, 0.15) is 20.2 Å². The zero-order valence-electron chi connectivity index (χ0n) is 20.8. The SMILES string of the molecule is CCn1/c(=N/N=C2/Sc3cc(S(=O)(=O)[O-])ccc3[NH+]2CC)sc2cc(S(=O)(=O)[O-])ccc21.[NH4+].[NH4+].[O-][Cl+3]([O-])([O-])[O-]. The highest BCUT2D eigenvalue weighted by Gasteiger charge is 2.32. The molecule has 0 spiro atoms. The number of thiazole rings is 1. The van der Waals surface area contributed by atoms with E-state index in [2.05, 4.69) is 10.2 Å². The Labute approximate surface area is 233 Å². The predicted molar refractivity (Wildman–Crippen MR) is 130 cm³/mol. The normalized spacial score (nSPS) is 16.8. The van der Waals surface area contributed by atoms with E-state index in [0.717, 1.165) is 16.1 Å². The average Bonchev–Trinajstić information content (AvgIpc) is 3.30. The van der Waals surface area contributed by atoms with Crippen molar-refractivity contribution < 1.29 is 59.7 Å². The van der Waals surface area contributed by atoms with Crippen molar-refractivity contribution in [1.82, 2.24) is 16.9 Å². The number of aromatic nitrogens is 1. The molecule has 0 fully saturated rings. The zero-order chi connectivity index (χ0) is 27.8. The van der Waals surface area contributed by atoms with Crippen LogP contribution in [0.1, 0.15) is 13.8 Å². The Balaban J connectivity index is 0.000000998. The smallest absolute Gasteiger partial charge is 0.291 e. The fourth-order valence-corrected chi connectivity index (χ4v) is 6.76. The van der Waals surface area contributed by atoms with E-state index in [4.69, 9.17) is 18.6 Å². The first-order chi connectivity index (χ1) is 17.0. The van der Waals surface area contributed by atoms with Gasteiger partial charge in [-0.25, -0.2) is 40.4 Å². The van der Waals surface area contributed by atoms with Crippen LogP contribution in [-0.2, 0) is 26.8 Å². The summed E-state index contributed by atoms with van der Waals surface area (Å²) in [5.74, 6) is 0. The van der Waals surface area contributed by atoms with E-state index in [0.29, 0.717) is 32.7 Å². The molecule has 0 aliphatic carbocycles. The van der Waals surface area contributed by atoms with Crippen molar-refractivity contribution in [2.75, 3.05) is 6.54 Å². The first-order valence-electron chi connectivity index (χ1n) is 10.00. The number of quaternary nitrogens is 3. The first kappa shape index (κ1) is 35.0. The van der Waals surface area contributed by atoms with Crippen LogP contribution in [-0.4, -0.2) is 42.2 Å². The minimum Gasteiger partial charge on any atom is -0.744 e. The summed E-state index contributed by atoms with van der Waals surface area (Å²) in [5, 5.41) is 9.33. The van der Waals surface area contributed by atoms with E-state index >= 15 is 0 Å².